The molecule has 100 valence electrons. The molecule has 2 aromatic carbocycles. The first-order valence-corrected chi connectivity index (χ1v) is 6.53. The maximum atomic E-state index is 12.3. The molecule has 3 rings (SSSR count). The molecule has 5 heteroatoms. The van der Waals surface area contributed by atoms with Gasteiger partial charge in [0.15, 0.2) is 0 Å². The summed E-state index contributed by atoms with van der Waals surface area (Å²) in [5, 5.41) is 8.46. The van der Waals surface area contributed by atoms with E-state index in [1.54, 1.807) is 30.5 Å². The molecule has 1 amide bonds. The van der Waals surface area contributed by atoms with Gasteiger partial charge in [0.25, 0.3) is 0 Å². The Labute approximate surface area is 121 Å². The molecule has 0 aliphatic rings. The smallest absolute Gasteiger partial charge is 0.306 e. The van der Waals surface area contributed by atoms with Gasteiger partial charge in [-0.05, 0) is 36.8 Å². The molecule has 0 radical (unpaired) electrons. The van der Waals surface area contributed by atoms with Crippen LogP contribution in [0, 0.1) is 6.92 Å². The van der Waals surface area contributed by atoms with Gasteiger partial charge in [-0.1, -0.05) is 29.8 Å². The summed E-state index contributed by atoms with van der Waals surface area (Å²) in [6.45, 7) is 1.99. The van der Waals surface area contributed by atoms with Crippen molar-refractivity contribution in [3.8, 4) is 0 Å². The molecule has 0 saturated carbocycles. The maximum absolute atomic E-state index is 12.3. The van der Waals surface area contributed by atoms with Gasteiger partial charge in [0.05, 0.1) is 11.7 Å². The number of aryl methyl sites for hydroxylation is 1. The fourth-order valence-electron chi connectivity index (χ4n) is 2.10. The number of benzene rings is 2. The van der Waals surface area contributed by atoms with Gasteiger partial charge in [-0.3, -0.25) is 0 Å². The van der Waals surface area contributed by atoms with Crippen LogP contribution < -0.4 is 5.32 Å². The first kappa shape index (κ1) is 12.7. The number of aromatic nitrogens is 2. The monoisotopic (exact) mass is 285 g/mol. The van der Waals surface area contributed by atoms with Gasteiger partial charge in [0, 0.05) is 16.1 Å². The molecule has 0 bridgehead atoms. The van der Waals surface area contributed by atoms with E-state index >= 15 is 0 Å². The number of anilines is 1. The van der Waals surface area contributed by atoms with Crippen LogP contribution in [0.2, 0.25) is 5.02 Å². The van der Waals surface area contributed by atoms with Crippen LogP contribution in [-0.4, -0.2) is 15.8 Å². The highest BCUT2D eigenvalue weighted by Crippen LogP contribution is 2.19. The minimum Gasteiger partial charge on any atom is -0.306 e. The molecule has 0 fully saturated rings. The van der Waals surface area contributed by atoms with Gasteiger partial charge in [-0.2, -0.15) is 9.78 Å². The number of nitrogens with one attached hydrogen (secondary N) is 1. The molecular formula is C15H12ClN3O. The van der Waals surface area contributed by atoms with Gasteiger partial charge >= 0.3 is 6.03 Å². The predicted molar refractivity (Wildman–Crippen MR) is 80.3 cm³/mol. The SMILES string of the molecule is Cc1cccc2c1cnn2C(=O)Nc1cccc(Cl)c1. The fraction of sp³-hybridized carbons (Fsp3) is 0.0667. The number of hydrogen-bond acceptors (Lipinski definition) is 2. The highest BCUT2D eigenvalue weighted by molar-refractivity contribution is 6.30. The average Bonchev–Trinajstić information content (AvgIpc) is 2.84. The van der Waals surface area contributed by atoms with Crippen molar-refractivity contribution in [1.29, 1.82) is 0 Å². The molecule has 0 aliphatic carbocycles. The van der Waals surface area contributed by atoms with Crippen LogP contribution in [-0.2, 0) is 0 Å². The van der Waals surface area contributed by atoms with Crippen LogP contribution in [0.5, 0.6) is 0 Å². The second-order valence-corrected chi connectivity index (χ2v) is 4.94. The summed E-state index contributed by atoms with van der Waals surface area (Å²) in [5.74, 6) is 0. The van der Waals surface area contributed by atoms with E-state index in [1.165, 1.54) is 4.68 Å². The molecule has 0 atom stereocenters. The first-order valence-electron chi connectivity index (χ1n) is 6.15. The standard InChI is InChI=1S/C15H12ClN3O/c1-10-4-2-7-14-13(10)9-17-19(14)15(20)18-12-6-3-5-11(16)8-12/h2-9H,1H3,(H,18,20). The summed E-state index contributed by atoms with van der Waals surface area (Å²) < 4.78 is 1.35. The predicted octanol–water partition coefficient (Wildman–Crippen LogP) is 4.08. The Morgan fingerprint density at radius 3 is 2.85 bits per heavy atom. The topological polar surface area (TPSA) is 46.9 Å². The van der Waals surface area contributed by atoms with E-state index < -0.39 is 0 Å². The van der Waals surface area contributed by atoms with Crippen molar-refractivity contribution in [3.05, 3.63) is 59.2 Å². The zero-order valence-corrected chi connectivity index (χ0v) is 11.6. The van der Waals surface area contributed by atoms with E-state index in [2.05, 4.69) is 10.4 Å². The molecule has 0 saturated heterocycles. The second kappa shape index (κ2) is 4.98. The Morgan fingerprint density at radius 1 is 1.25 bits per heavy atom. The average molecular weight is 286 g/mol. The van der Waals surface area contributed by atoms with E-state index in [0.29, 0.717) is 10.7 Å². The Balaban J connectivity index is 1.95. The minimum atomic E-state index is -0.312. The third-order valence-corrected chi connectivity index (χ3v) is 3.33. The van der Waals surface area contributed by atoms with Gasteiger partial charge in [0.1, 0.15) is 0 Å². The number of halogens is 1. The van der Waals surface area contributed by atoms with Gasteiger partial charge in [0.2, 0.25) is 0 Å². The number of amides is 1. The van der Waals surface area contributed by atoms with Crippen LogP contribution in [0.1, 0.15) is 5.56 Å². The van der Waals surface area contributed by atoms with E-state index in [-0.39, 0.29) is 6.03 Å². The number of hydrogen-bond donors (Lipinski definition) is 1. The van der Waals surface area contributed by atoms with Crippen LogP contribution in [0.4, 0.5) is 10.5 Å². The fourth-order valence-corrected chi connectivity index (χ4v) is 2.29. The van der Waals surface area contributed by atoms with E-state index in [4.69, 9.17) is 11.6 Å². The zero-order chi connectivity index (χ0) is 14.1. The zero-order valence-electron chi connectivity index (χ0n) is 10.8. The van der Waals surface area contributed by atoms with Crippen molar-refractivity contribution >= 4 is 34.2 Å². The normalized spacial score (nSPS) is 10.7. The maximum Gasteiger partial charge on any atom is 0.347 e. The quantitative estimate of drug-likeness (QED) is 0.732. The Kier molecular flexibility index (Phi) is 3.16. The number of carbonyl (C=O) groups is 1. The minimum absolute atomic E-state index is 0.312. The Hall–Kier alpha value is -2.33. The Morgan fingerprint density at radius 2 is 2.05 bits per heavy atom. The van der Waals surface area contributed by atoms with Crippen molar-refractivity contribution in [2.45, 2.75) is 6.92 Å². The largest absolute Gasteiger partial charge is 0.347 e. The molecule has 4 nitrogen and oxygen atoms in total. The lowest BCUT2D eigenvalue weighted by molar-refractivity contribution is 0.252. The van der Waals surface area contributed by atoms with Crippen LogP contribution in [0.25, 0.3) is 10.9 Å². The Bertz CT molecular complexity index is 795. The summed E-state index contributed by atoms with van der Waals surface area (Å²) in [6.07, 6.45) is 1.70. The highest BCUT2D eigenvalue weighted by atomic mass is 35.5. The second-order valence-electron chi connectivity index (χ2n) is 4.50. The summed E-state index contributed by atoms with van der Waals surface area (Å²) in [7, 11) is 0. The molecule has 20 heavy (non-hydrogen) atoms. The summed E-state index contributed by atoms with van der Waals surface area (Å²) >= 11 is 5.90. The molecule has 1 heterocycles. The molecule has 0 spiro atoms. The number of fused-ring (bicyclic) bond motifs is 1. The molecule has 0 aliphatic heterocycles. The van der Waals surface area contributed by atoms with Crippen molar-refractivity contribution in [1.82, 2.24) is 9.78 Å². The third kappa shape index (κ3) is 2.26. The summed E-state index contributed by atoms with van der Waals surface area (Å²) in [6, 6.07) is 12.5. The summed E-state index contributed by atoms with van der Waals surface area (Å²) in [4.78, 5) is 12.3. The van der Waals surface area contributed by atoms with E-state index in [1.807, 2.05) is 25.1 Å². The van der Waals surface area contributed by atoms with Gasteiger partial charge in [-0.25, -0.2) is 4.79 Å². The summed E-state index contributed by atoms with van der Waals surface area (Å²) in [5.41, 5.74) is 2.51. The lowest BCUT2D eigenvalue weighted by Gasteiger charge is -2.06. The van der Waals surface area contributed by atoms with Crippen LogP contribution in [0.15, 0.2) is 48.7 Å². The van der Waals surface area contributed by atoms with Crippen LogP contribution in [0.3, 0.4) is 0 Å². The lowest BCUT2D eigenvalue weighted by atomic mass is 10.1. The number of carbonyl (C=O) groups excluding carboxylic acids is 1. The lowest BCUT2D eigenvalue weighted by Crippen LogP contribution is -2.20. The van der Waals surface area contributed by atoms with Crippen molar-refractivity contribution in [2.75, 3.05) is 5.32 Å². The number of rotatable bonds is 1. The highest BCUT2D eigenvalue weighted by Gasteiger charge is 2.11. The van der Waals surface area contributed by atoms with Gasteiger partial charge < -0.3 is 5.32 Å². The molecule has 3 aromatic rings. The van der Waals surface area contributed by atoms with Crippen molar-refractivity contribution in [3.63, 3.8) is 0 Å². The molecular weight excluding hydrogens is 274 g/mol. The first-order chi connectivity index (χ1) is 9.65. The third-order valence-electron chi connectivity index (χ3n) is 3.10. The van der Waals surface area contributed by atoms with E-state index in [0.717, 1.165) is 16.5 Å². The molecule has 0 unspecified atom stereocenters. The molecule has 1 N–H and O–H groups in total. The molecule has 1 aromatic heterocycles. The van der Waals surface area contributed by atoms with Gasteiger partial charge in [-0.15, -0.1) is 0 Å². The van der Waals surface area contributed by atoms with Crippen molar-refractivity contribution in [2.24, 2.45) is 0 Å². The number of nitrogens with zero attached hydrogens (tertiary/aromatic N) is 2. The van der Waals surface area contributed by atoms with Crippen molar-refractivity contribution < 1.29 is 4.79 Å². The van der Waals surface area contributed by atoms with E-state index in [9.17, 15) is 4.79 Å². The van der Waals surface area contributed by atoms with Crippen LogP contribution >= 0.6 is 11.6 Å².